The van der Waals surface area contributed by atoms with Gasteiger partial charge < -0.3 is 10.1 Å². The van der Waals surface area contributed by atoms with Crippen molar-refractivity contribution < 1.29 is 36.0 Å². The molecule has 2 atom stereocenters. The molecule has 1 saturated carbocycles. The lowest BCUT2D eigenvalue weighted by Gasteiger charge is -2.38. The third kappa shape index (κ3) is 5.98. The molecular formula is C29H33N3O8S2. The third-order valence-electron chi connectivity index (χ3n) is 7.62. The predicted molar refractivity (Wildman–Crippen MR) is 157 cm³/mol. The van der Waals surface area contributed by atoms with E-state index in [1.165, 1.54) is 12.1 Å². The number of amidine groups is 1. The van der Waals surface area contributed by atoms with E-state index in [0.717, 1.165) is 25.3 Å². The van der Waals surface area contributed by atoms with Crippen LogP contribution in [0.3, 0.4) is 0 Å². The second-order valence-electron chi connectivity index (χ2n) is 12.3. The maximum atomic E-state index is 14.0. The summed E-state index contributed by atoms with van der Waals surface area (Å²) in [5, 5.41) is 2.85. The fraction of sp³-hybridized carbons (Fsp3) is 0.448. The van der Waals surface area contributed by atoms with Gasteiger partial charge in [0, 0.05) is 5.56 Å². The minimum atomic E-state index is -4.45. The van der Waals surface area contributed by atoms with Crippen LogP contribution in [0.1, 0.15) is 69.3 Å². The van der Waals surface area contributed by atoms with Crippen LogP contribution in [0.25, 0.3) is 0 Å². The SMILES string of the molecule is CC(C)(C)OC(=O)CS(=O)(=O)Nc1ccc2c(c1)S(=O)(=O)N=C(C1C(=O)c3ccccc3C(C)(CCC3CC3)C1=O)N2. The molecule has 2 aliphatic carbocycles. The number of ether oxygens (including phenoxy) is 1. The van der Waals surface area contributed by atoms with Gasteiger partial charge in [-0.1, -0.05) is 37.1 Å². The summed E-state index contributed by atoms with van der Waals surface area (Å²) in [5.41, 5.74) is -0.960. The van der Waals surface area contributed by atoms with Crippen LogP contribution < -0.4 is 10.0 Å². The van der Waals surface area contributed by atoms with Gasteiger partial charge in [0.05, 0.1) is 16.8 Å². The summed E-state index contributed by atoms with van der Waals surface area (Å²) < 4.78 is 62.8. The first-order chi connectivity index (χ1) is 19.5. The highest BCUT2D eigenvalue weighted by atomic mass is 32.2. The lowest BCUT2D eigenvalue weighted by molar-refractivity contribution is -0.151. The Morgan fingerprint density at radius 3 is 2.50 bits per heavy atom. The molecular weight excluding hydrogens is 582 g/mol. The van der Waals surface area contributed by atoms with Gasteiger partial charge in [-0.15, -0.1) is 4.40 Å². The standard InChI is InChI=1S/C29H33N3O8S2/c1-28(2,3)40-23(33)16-41(36,37)31-18-11-12-21-22(15-18)42(38,39)32-27(30-21)24-25(34)19-7-5-6-8-20(19)29(4,26(24)35)14-13-17-9-10-17/h5-8,11-12,15,17,24,31H,9-10,13-14,16H2,1-4H3,(H,30,32). The number of nitrogens with zero attached hydrogens (tertiary/aromatic N) is 1. The molecule has 0 bridgehead atoms. The predicted octanol–water partition coefficient (Wildman–Crippen LogP) is 3.81. The molecule has 1 fully saturated rings. The van der Waals surface area contributed by atoms with Crippen molar-refractivity contribution in [2.75, 3.05) is 15.8 Å². The van der Waals surface area contributed by atoms with Crippen LogP contribution in [0.4, 0.5) is 11.4 Å². The number of carbonyl (C=O) groups excluding carboxylic acids is 3. The van der Waals surface area contributed by atoms with Crippen LogP contribution in [-0.4, -0.2) is 51.6 Å². The van der Waals surface area contributed by atoms with E-state index in [4.69, 9.17) is 4.74 Å². The van der Waals surface area contributed by atoms with Gasteiger partial charge in [0.15, 0.2) is 17.3 Å². The van der Waals surface area contributed by atoms with E-state index in [9.17, 15) is 31.2 Å². The average molecular weight is 616 g/mol. The minimum absolute atomic E-state index is 0.0363. The first-order valence-corrected chi connectivity index (χ1v) is 16.7. The zero-order chi connectivity index (χ0) is 30.7. The van der Waals surface area contributed by atoms with Crippen molar-refractivity contribution >= 4 is 54.8 Å². The molecule has 3 aliphatic rings. The number of ketones is 2. The van der Waals surface area contributed by atoms with Gasteiger partial charge in [0.2, 0.25) is 10.0 Å². The van der Waals surface area contributed by atoms with Crippen molar-refractivity contribution in [3.05, 3.63) is 53.6 Å². The number of nitrogens with one attached hydrogen (secondary N) is 2. The summed E-state index contributed by atoms with van der Waals surface area (Å²) in [7, 11) is -8.67. The molecule has 0 radical (unpaired) electrons. The van der Waals surface area contributed by atoms with E-state index >= 15 is 0 Å². The van der Waals surface area contributed by atoms with Gasteiger partial charge in [0.1, 0.15) is 22.3 Å². The molecule has 11 nitrogen and oxygen atoms in total. The Morgan fingerprint density at radius 1 is 1.14 bits per heavy atom. The first kappa shape index (κ1) is 29.9. The summed E-state index contributed by atoms with van der Waals surface area (Å²) in [6.45, 7) is 6.60. The van der Waals surface area contributed by atoms with Gasteiger partial charge in [-0.05, 0) is 70.2 Å². The zero-order valence-corrected chi connectivity index (χ0v) is 25.4. The third-order valence-corrected chi connectivity index (χ3v) is 10.1. The number of sulfonamides is 2. The Bertz CT molecular complexity index is 1740. The Morgan fingerprint density at radius 2 is 1.83 bits per heavy atom. The van der Waals surface area contributed by atoms with Gasteiger partial charge in [0.25, 0.3) is 10.0 Å². The summed E-state index contributed by atoms with van der Waals surface area (Å²) in [6.07, 6.45) is 3.57. The summed E-state index contributed by atoms with van der Waals surface area (Å²) in [6, 6.07) is 10.6. The lowest BCUT2D eigenvalue weighted by Crippen LogP contribution is -2.51. The number of Topliss-reactive ketones (excluding diaryl/α,β-unsaturated/α-hetero) is 2. The fourth-order valence-electron chi connectivity index (χ4n) is 5.42. The smallest absolute Gasteiger partial charge is 0.323 e. The number of rotatable bonds is 8. The molecule has 2 N–H and O–H groups in total. The highest BCUT2D eigenvalue weighted by Crippen LogP contribution is 2.45. The maximum absolute atomic E-state index is 14.0. The number of hydrogen-bond donors (Lipinski definition) is 2. The second-order valence-corrected chi connectivity index (χ2v) is 15.6. The molecule has 5 rings (SSSR count). The Hall–Kier alpha value is -3.58. The number of anilines is 2. The Labute approximate surface area is 245 Å². The van der Waals surface area contributed by atoms with Crippen molar-refractivity contribution in [3.63, 3.8) is 0 Å². The van der Waals surface area contributed by atoms with Crippen molar-refractivity contribution in [2.24, 2.45) is 16.2 Å². The molecule has 1 aliphatic heterocycles. The van der Waals surface area contributed by atoms with Crippen LogP contribution in [0.5, 0.6) is 0 Å². The molecule has 2 aromatic rings. The number of hydrogen-bond acceptors (Lipinski definition) is 9. The van der Waals surface area contributed by atoms with E-state index in [2.05, 4.69) is 14.4 Å². The monoisotopic (exact) mass is 615 g/mol. The number of benzene rings is 2. The molecule has 0 amide bonds. The van der Waals surface area contributed by atoms with Crippen LogP contribution in [0, 0.1) is 11.8 Å². The molecule has 2 unspecified atom stereocenters. The molecule has 0 saturated heterocycles. The van der Waals surface area contributed by atoms with Crippen LogP contribution in [0.2, 0.25) is 0 Å². The quantitative estimate of drug-likeness (QED) is 0.332. The summed E-state index contributed by atoms with van der Waals surface area (Å²) in [4.78, 5) is 39.3. The van der Waals surface area contributed by atoms with E-state index in [0.29, 0.717) is 23.5 Å². The zero-order valence-electron chi connectivity index (χ0n) is 23.8. The normalized spacial score (nSPS) is 23.2. The first-order valence-electron chi connectivity index (χ1n) is 13.7. The van der Waals surface area contributed by atoms with Gasteiger partial charge in [-0.2, -0.15) is 8.42 Å². The maximum Gasteiger partial charge on any atom is 0.323 e. The van der Waals surface area contributed by atoms with Crippen molar-refractivity contribution in [2.45, 2.75) is 69.3 Å². The fourth-order valence-corrected chi connectivity index (χ4v) is 7.53. The molecule has 2 aromatic carbocycles. The summed E-state index contributed by atoms with van der Waals surface area (Å²) in [5.74, 6) is -4.07. The largest absolute Gasteiger partial charge is 0.459 e. The molecule has 224 valence electrons. The molecule has 13 heteroatoms. The molecule has 0 spiro atoms. The minimum Gasteiger partial charge on any atom is -0.459 e. The Balaban J connectivity index is 1.43. The van der Waals surface area contributed by atoms with Gasteiger partial charge in [-0.3, -0.25) is 19.1 Å². The van der Waals surface area contributed by atoms with E-state index in [1.807, 2.05) is 0 Å². The lowest BCUT2D eigenvalue weighted by atomic mass is 9.63. The highest BCUT2D eigenvalue weighted by molar-refractivity contribution is 7.93. The van der Waals surface area contributed by atoms with Crippen molar-refractivity contribution in [1.82, 2.24) is 0 Å². The number of esters is 1. The number of fused-ring (bicyclic) bond motifs is 2. The topological polar surface area (TPSA) is 165 Å². The average Bonchev–Trinajstić information content (AvgIpc) is 3.69. The second kappa shape index (κ2) is 10.3. The van der Waals surface area contributed by atoms with E-state index < -0.39 is 60.3 Å². The van der Waals surface area contributed by atoms with E-state index in [1.54, 1.807) is 52.0 Å². The molecule has 1 heterocycles. The van der Waals surface area contributed by atoms with Crippen LogP contribution in [-0.2, 0) is 39.8 Å². The van der Waals surface area contributed by atoms with Gasteiger partial charge in [-0.25, -0.2) is 8.42 Å². The van der Waals surface area contributed by atoms with Gasteiger partial charge >= 0.3 is 5.97 Å². The van der Waals surface area contributed by atoms with Crippen molar-refractivity contribution in [1.29, 1.82) is 0 Å². The molecule has 0 aromatic heterocycles. The number of carbonyl (C=O) groups is 3. The van der Waals surface area contributed by atoms with Crippen LogP contribution >= 0.6 is 0 Å². The Kier molecular flexibility index (Phi) is 7.33. The van der Waals surface area contributed by atoms with Crippen molar-refractivity contribution in [3.8, 4) is 0 Å². The summed E-state index contributed by atoms with van der Waals surface area (Å²) >= 11 is 0. The molecule has 42 heavy (non-hydrogen) atoms. The van der Waals surface area contributed by atoms with Crippen LogP contribution in [0.15, 0.2) is 51.8 Å². The highest BCUT2D eigenvalue weighted by Gasteiger charge is 2.52. The van der Waals surface area contributed by atoms with E-state index in [-0.39, 0.29) is 22.1 Å².